The average molecular weight is 901 g/mol. The molecule has 0 fully saturated rings. The Morgan fingerprint density at radius 3 is 1.27 bits per heavy atom. The van der Waals surface area contributed by atoms with Crippen LogP contribution in [0, 0.1) is 36.0 Å². The smallest absolute Gasteiger partial charge is 1.00 e. The van der Waals surface area contributed by atoms with Crippen molar-refractivity contribution in [2.45, 2.75) is 125 Å². The van der Waals surface area contributed by atoms with Crippen LogP contribution in [0.15, 0.2) is 106 Å². The average Bonchev–Trinajstić information content (AvgIpc) is 3.80. The van der Waals surface area contributed by atoms with Crippen LogP contribution in [0.3, 0.4) is 0 Å². The molecule has 0 radical (unpaired) electrons. The molecule has 0 saturated carbocycles. The Morgan fingerprint density at radius 2 is 0.932 bits per heavy atom. The number of halogens is 2. The van der Waals surface area contributed by atoms with Crippen LogP contribution in [0.1, 0.15) is 156 Å². The molecule has 0 aliphatic heterocycles. The van der Waals surface area contributed by atoms with Crippen molar-refractivity contribution >= 4 is 14.4 Å². The summed E-state index contributed by atoms with van der Waals surface area (Å²) >= 11 is -3.06. The Hall–Kier alpha value is -2.83. The van der Waals surface area contributed by atoms with Crippen molar-refractivity contribution in [2.24, 2.45) is 22.2 Å². The summed E-state index contributed by atoms with van der Waals surface area (Å²) in [6.45, 7) is 38.3. The molecule has 0 aromatic heterocycles. The number of hydrogen-bond donors (Lipinski definition) is 0. The summed E-state index contributed by atoms with van der Waals surface area (Å²) in [7, 11) is 0. The zero-order valence-electron chi connectivity index (χ0n) is 38.6. The van der Waals surface area contributed by atoms with E-state index in [0.29, 0.717) is 9.54 Å². The van der Waals surface area contributed by atoms with Crippen LogP contribution >= 0.6 is 0 Å². The molecule has 4 aromatic rings. The maximum atomic E-state index is 2.72. The van der Waals surface area contributed by atoms with Gasteiger partial charge in [-0.25, -0.2) is 0 Å². The summed E-state index contributed by atoms with van der Waals surface area (Å²) < 4.78 is 3.68. The van der Waals surface area contributed by atoms with E-state index >= 15 is 0 Å². The second kappa shape index (κ2) is 15.2. The molecule has 8 rings (SSSR count). The van der Waals surface area contributed by atoms with Crippen molar-refractivity contribution in [1.82, 2.24) is 0 Å². The zero-order valence-corrected chi connectivity index (χ0v) is 42.6. The van der Waals surface area contributed by atoms with Gasteiger partial charge in [0, 0.05) is 0 Å². The summed E-state index contributed by atoms with van der Waals surface area (Å²) in [5, 5.41) is 0. The Bertz CT molecular complexity index is 2360. The van der Waals surface area contributed by atoms with Crippen LogP contribution < -0.4 is 24.8 Å². The van der Waals surface area contributed by atoms with Gasteiger partial charge in [0.25, 0.3) is 0 Å². The molecule has 0 amide bonds. The van der Waals surface area contributed by atoms with E-state index in [4.69, 9.17) is 0 Å². The van der Waals surface area contributed by atoms with Gasteiger partial charge in [-0.15, -0.1) is 0 Å². The van der Waals surface area contributed by atoms with Gasteiger partial charge in [-0.2, -0.15) is 0 Å². The fourth-order valence-corrected chi connectivity index (χ4v) is 19.8. The second-order valence-corrected chi connectivity index (χ2v) is 28.3. The fourth-order valence-electron chi connectivity index (χ4n) is 10.3. The third-order valence-electron chi connectivity index (χ3n) is 13.5. The van der Waals surface area contributed by atoms with Gasteiger partial charge in [0.2, 0.25) is 0 Å². The Kier molecular flexibility index (Phi) is 11.8. The Morgan fingerprint density at radius 1 is 0.542 bits per heavy atom. The summed E-state index contributed by atoms with van der Waals surface area (Å²) in [6, 6.07) is 29.9. The monoisotopic (exact) mass is 898 g/mol. The minimum Gasteiger partial charge on any atom is -1.00 e. The first-order valence-corrected chi connectivity index (χ1v) is 25.4. The number of aryl methyl sites for hydroxylation is 2. The van der Waals surface area contributed by atoms with Crippen LogP contribution in [0.25, 0.3) is 22.3 Å². The second-order valence-electron chi connectivity index (χ2n) is 22.2. The quantitative estimate of drug-likeness (QED) is 0.192. The zero-order chi connectivity index (χ0) is 41.4. The minimum absolute atomic E-state index is 0. The van der Waals surface area contributed by atoms with Gasteiger partial charge in [-0.3, -0.25) is 0 Å². The number of hydrogen-bond acceptors (Lipinski definition) is 0. The normalized spacial score (nSPS) is 18.5. The van der Waals surface area contributed by atoms with E-state index in [1.165, 1.54) is 72.4 Å². The number of rotatable bonds is 4. The van der Waals surface area contributed by atoms with E-state index in [9.17, 15) is 0 Å². The molecule has 1 unspecified atom stereocenters. The van der Waals surface area contributed by atoms with Crippen molar-refractivity contribution in [3.05, 3.63) is 162 Å². The third kappa shape index (κ3) is 7.83. The molecule has 0 nitrogen and oxygen atoms in total. The van der Waals surface area contributed by atoms with Crippen LogP contribution in [0.4, 0.5) is 0 Å². The molecule has 3 heteroatoms. The first-order valence-electron chi connectivity index (χ1n) is 21.5. The standard InChI is InChI=1S/C31H37.C15H14.C10H15.2ClH.Zr/c1-28(2,3)26-16-30(7,8)24-12-18-11-19-13-25-23(15-21(19)20(18)14-22(24)26)27(29(4,5)6)17-31(25,9)10;1-12-3-7-14(8-4-12)11-15-9-5-13(2)6-10-15;1-8-5-6-9(7-8)10(2,3)4;;;/h11-17H,1-10H3;3-10H,1-2H3;6-8H,1-4H3;2*1H;/q;;;;;+2/p-2. The van der Waals surface area contributed by atoms with E-state index in [1.807, 2.05) is 0 Å². The Labute approximate surface area is 377 Å². The molecular formula is C56H66Cl2Zr. The molecular weight excluding hydrogens is 835 g/mol. The molecule has 0 saturated heterocycles. The van der Waals surface area contributed by atoms with Crippen molar-refractivity contribution in [3.63, 3.8) is 0 Å². The van der Waals surface area contributed by atoms with Gasteiger partial charge in [-0.05, 0) is 0 Å². The molecule has 1 atom stereocenters. The summed E-state index contributed by atoms with van der Waals surface area (Å²) in [6.07, 6.45) is 10.5. The van der Waals surface area contributed by atoms with Crippen molar-refractivity contribution < 1.29 is 46.1 Å². The van der Waals surface area contributed by atoms with Crippen molar-refractivity contribution in [1.29, 1.82) is 0 Å². The van der Waals surface area contributed by atoms with E-state index in [0.717, 1.165) is 0 Å². The van der Waals surface area contributed by atoms with Crippen molar-refractivity contribution in [2.75, 3.05) is 0 Å². The summed E-state index contributed by atoms with van der Waals surface area (Å²) in [5.74, 6) is 0.395. The summed E-state index contributed by atoms with van der Waals surface area (Å²) in [4.78, 5) is 0. The van der Waals surface area contributed by atoms with E-state index in [2.05, 4.69) is 208 Å². The van der Waals surface area contributed by atoms with Gasteiger partial charge in [0.15, 0.2) is 0 Å². The molecule has 0 bridgehead atoms. The van der Waals surface area contributed by atoms with Gasteiger partial charge in [-0.1, -0.05) is 0 Å². The largest absolute Gasteiger partial charge is 1.00 e. The molecule has 4 aromatic carbocycles. The Balaban J connectivity index is 0.00000293. The summed E-state index contributed by atoms with van der Waals surface area (Å²) in [5.41, 5.74) is 22.1. The predicted octanol–water partition coefficient (Wildman–Crippen LogP) is 9.22. The van der Waals surface area contributed by atoms with E-state index in [-0.39, 0.29) is 51.9 Å². The number of fused-ring (bicyclic) bond motifs is 5. The van der Waals surface area contributed by atoms with Gasteiger partial charge in [0.05, 0.1) is 0 Å². The number of benzene rings is 4. The van der Waals surface area contributed by atoms with Crippen molar-refractivity contribution in [3.8, 4) is 11.1 Å². The number of allylic oxidation sites excluding steroid dienone is 8. The molecule has 4 aliphatic carbocycles. The maximum absolute atomic E-state index is 3.06. The molecule has 308 valence electrons. The van der Waals surface area contributed by atoms with Gasteiger partial charge < -0.3 is 24.8 Å². The minimum atomic E-state index is -3.06. The SMILES string of the molecule is Cc1ccc([C](c2ccc(C)cc2)=[Zr+2]([C]2=CC(C(C)(C)C)=CC2C)[CH]2c3cc4c(cc3-c3cc5c(cc32)C(C)(C)C=C5C(C)(C)C)C(C(C)(C)C)=CC4(C)C)cc1.[Cl-].[Cl-]. The van der Waals surface area contributed by atoms with Crippen LogP contribution in [0.5, 0.6) is 0 Å². The molecule has 4 aliphatic rings. The first kappa shape index (κ1) is 45.7. The van der Waals surface area contributed by atoms with E-state index < -0.39 is 21.3 Å². The van der Waals surface area contributed by atoms with Gasteiger partial charge >= 0.3 is 356 Å². The first-order chi connectivity index (χ1) is 26.4. The van der Waals surface area contributed by atoms with Crippen LogP contribution in [-0.2, 0) is 32.1 Å². The topological polar surface area (TPSA) is 0 Å². The third-order valence-corrected chi connectivity index (χ3v) is 22.2. The molecule has 59 heavy (non-hydrogen) atoms. The van der Waals surface area contributed by atoms with Crippen LogP contribution in [0.2, 0.25) is 0 Å². The predicted molar refractivity (Wildman–Crippen MR) is 245 cm³/mol. The van der Waals surface area contributed by atoms with Gasteiger partial charge in [0.1, 0.15) is 0 Å². The molecule has 0 spiro atoms. The fraction of sp³-hybridized carbons (Fsp3) is 0.411. The molecule has 0 N–H and O–H groups in total. The maximum Gasteiger partial charge on any atom is -1.00 e. The molecule has 0 heterocycles. The van der Waals surface area contributed by atoms with E-state index in [1.54, 1.807) is 17.6 Å². The van der Waals surface area contributed by atoms with Crippen LogP contribution in [-0.4, -0.2) is 3.21 Å².